The topological polar surface area (TPSA) is 9.23 Å². The zero-order chi connectivity index (χ0) is 9.42. The molecular formula is C9H7Cl2FO. The predicted molar refractivity (Wildman–Crippen MR) is 50.1 cm³/mol. The molecule has 1 heterocycles. The van der Waals surface area contributed by atoms with Gasteiger partial charge in [-0.05, 0) is 12.1 Å². The number of fused-ring (bicyclic) bond motifs is 1. The molecule has 2 rings (SSSR count). The molecule has 0 saturated heterocycles. The first kappa shape index (κ1) is 9.10. The summed E-state index contributed by atoms with van der Waals surface area (Å²) in [6.07, 6.45) is 0.689. The predicted octanol–water partition coefficient (Wildman–Crippen LogP) is 3.54. The lowest BCUT2D eigenvalue weighted by molar-refractivity contribution is 0.270. The second kappa shape index (κ2) is 3.35. The van der Waals surface area contributed by atoms with Gasteiger partial charge in [0.2, 0.25) is 0 Å². The highest BCUT2D eigenvalue weighted by atomic mass is 35.5. The lowest BCUT2D eigenvalue weighted by Gasteiger charge is -2.21. The number of benzene rings is 1. The summed E-state index contributed by atoms with van der Waals surface area (Å²) in [7, 11) is 0. The van der Waals surface area contributed by atoms with E-state index in [1.807, 2.05) is 0 Å². The first-order valence-electron chi connectivity index (χ1n) is 3.94. The maximum atomic E-state index is 13.2. The fourth-order valence-electron chi connectivity index (χ4n) is 1.39. The maximum absolute atomic E-state index is 13.2. The minimum atomic E-state index is -0.437. The molecule has 0 aromatic heterocycles. The summed E-state index contributed by atoms with van der Waals surface area (Å²) in [5, 5.41) is 0.157. The van der Waals surface area contributed by atoms with Crippen molar-refractivity contribution in [2.24, 2.45) is 0 Å². The van der Waals surface area contributed by atoms with E-state index in [1.165, 1.54) is 6.07 Å². The molecule has 0 amide bonds. The van der Waals surface area contributed by atoms with Crippen molar-refractivity contribution in [1.29, 1.82) is 0 Å². The third kappa shape index (κ3) is 1.61. The molecule has 4 heteroatoms. The van der Waals surface area contributed by atoms with Gasteiger partial charge in [0.1, 0.15) is 0 Å². The van der Waals surface area contributed by atoms with Gasteiger partial charge in [0, 0.05) is 17.0 Å². The Morgan fingerprint density at radius 3 is 3.00 bits per heavy atom. The highest BCUT2D eigenvalue weighted by Gasteiger charge is 2.22. The molecule has 0 bridgehead atoms. The summed E-state index contributed by atoms with van der Waals surface area (Å²) >= 11 is 11.7. The smallest absolute Gasteiger partial charge is 0.166 e. The Morgan fingerprint density at radius 2 is 2.23 bits per heavy atom. The van der Waals surface area contributed by atoms with Crippen molar-refractivity contribution in [3.63, 3.8) is 0 Å². The van der Waals surface area contributed by atoms with Crippen molar-refractivity contribution >= 4 is 23.2 Å². The van der Waals surface area contributed by atoms with Gasteiger partial charge >= 0.3 is 0 Å². The van der Waals surface area contributed by atoms with E-state index in [4.69, 9.17) is 27.9 Å². The molecule has 1 atom stereocenters. The lowest BCUT2D eigenvalue weighted by Crippen LogP contribution is -2.12. The van der Waals surface area contributed by atoms with E-state index in [9.17, 15) is 4.39 Å². The summed E-state index contributed by atoms with van der Waals surface area (Å²) in [4.78, 5) is 0. The molecule has 0 fully saturated rings. The highest BCUT2D eigenvalue weighted by molar-refractivity contribution is 6.31. The molecule has 0 radical (unpaired) electrons. The Kier molecular flexibility index (Phi) is 2.35. The second-order valence-corrected chi connectivity index (χ2v) is 3.87. The number of hydrogen-bond donors (Lipinski definition) is 0. The van der Waals surface area contributed by atoms with E-state index in [0.717, 1.165) is 0 Å². The van der Waals surface area contributed by atoms with Crippen LogP contribution in [-0.4, -0.2) is 6.61 Å². The van der Waals surface area contributed by atoms with Gasteiger partial charge < -0.3 is 4.74 Å². The quantitative estimate of drug-likeness (QED) is 0.608. The average molecular weight is 221 g/mol. The first-order chi connectivity index (χ1) is 6.18. The van der Waals surface area contributed by atoms with Crippen LogP contribution in [0.4, 0.5) is 4.39 Å². The van der Waals surface area contributed by atoms with Gasteiger partial charge in [-0.15, -0.1) is 11.6 Å². The zero-order valence-electron chi connectivity index (χ0n) is 6.69. The molecule has 13 heavy (non-hydrogen) atoms. The van der Waals surface area contributed by atoms with Gasteiger partial charge in [-0.3, -0.25) is 0 Å². The van der Waals surface area contributed by atoms with Crippen LogP contribution < -0.4 is 4.74 Å². The van der Waals surface area contributed by atoms with Crippen LogP contribution in [0.2, 0.25) is 5.02 Å². The fourth-order valence-corrected chi connectivity index (χ4v) is 1.85. The molecule has 1 aromatic rings. The van der Waals surface area contributed by atoms with Gasteiger partial charge in [0.25, 0.3) is 0 Å². The number of rotatable bonds is 0. The molecule has 0 spiro atoms. The number of ether oxygens (including phenoxy) is 1. The van der Waals surface area contributed by atoms with E-state index in [2.05, 4.69) is 0 Å². The maximum Gasteiger partial charge on any atom is 0.166 e. The van der Waals surface area contributed by atoms with Gasteiger partial charge in [-0.2, -0.15) is 0 Å². The van der Waals surface area contributed by atoms with Crippen molar-refractivity contribution in [2.45, 2.75) is 11.8 Å². The minimum Gasteiger partial charge on any atom is -0.490 e. The number of alkyl halides is 1. The molecule has 1 nitrogen and oxygen atoms in total. The summed E-state index contributed by atoms with van der Waals surface area (Å²) in [5.74, 6) is -0.191. The highest BCUT2D eigenvalue weighted by Crippen LogP contribution is 2.39. The second-order valence-electron chi connectivity index (χ2n) is 2.91. The van der Waals surface area contributed by atoms with Crippen molar-refractivity contribution in [3.8, 4) is 5.75 Å². The van der Waals surface area contributed by atoms with Crippen molar-refractivity contribution < 1.29 is 9.13 Å². The number of hydrogen-bond acceptors (Lipinski definition) is 1. The van der Waals surface area contributed by atoms with E-state index in [1.54, 1.807) is 6.07 Å². The van der Waals surface area contributed by atoms with Crippen LogP contribution in [-0.2, 0) is 0 Å². The fraction of sp³-hybridized carbons (Fsp3) is 0.333. The normalized spacial score (nSPS) is 20.7. The summed E-state index contributed by atoms with van der Waals surface area (Å²) in [6, 6.07) is 2.88. The lowest BCUT2D eigenvalue weighted by atomic mass is 10.1. The van der Waals surface area contributed by atoms with Crippen LogP contribution in [0, 0.1) is 5.82 Å². The van der Waals surface area contributed by atoms with Crippen LogP contribution in [0.5, 0.6) is 5.75 Å². The third-order valence-electron chi connectivity index (χ3n) is 1.99. The van der Waals surface area contributed by atoms with E-state index >= 15 is 0 Å². The van der Waals surface area contributed by atoms with E-state index in [-0.39, 0.29) is 11.1 Å². The minimum absolute atomic E-state index is 0.197. The molecule has 1 aliphatic rings. The van der Waals surface area contributed by atoms with Gasteiger partial charge in [-0.25, -0.2) is 4.39 Å². The summed E-state index contributed by atoms with van der Waals surface area (Å²) in [5.41, 5.74) is 0.651. The first-order valence-corrected chi connectivity index (χ1v) is 4.76. The molecule has 1 unspecified atom stereocenters. The van der Waals surface area contributed by atoms with Gasteiger partial charge in [0.15, 0.2) is 11.6 Å². The molecule has 1 aliphatic heterocycles. The zero-order valence-corrected chi connectivity index (χ0v) is 8.20. The SMILES string of the molecule is Fc1cc(Cl)cc2c1OCCC2Cl. The number of halogens is 3. The molecule has 0 aliphatic carbocycles. The Labute approximate surface area is 85.4 Å². The monoisotopic (exact) mass is 220 g/mol. The van der Waals surface area contributed by atoms with E-state index in [0.29, 0.717) is 23.6 Å². The van der Waals surface area contributed by atoms with E-state index < -0.39 is 5.82 Å². The van der Waals surface area contributed by atoms with Crippen molar-refractivity contribution in [2.75, 3.05) is 6.61 Å². The largest absolute Gasteiger partial charge is 0.490 e. The molecule has 0 saturated carbocycles. The molecule has 0 N–H and O–H groups in total. The van der Waals surface area contributed by atoms with Crippen LogP contribution in [0.1, 0.15) is 17.4 Å². The summed E-state index contributed by atoms with van der Waals surface area (Å²) in [6.45, 7) is 0.458. The molecule has 1 aromatic carbocycles. The van der Waals surface area contributed by atoms with Crippen LogP contribution in [0.3, 0.4) is 0 Å². The van der Waals surface area contributed by atoms with Crippen molar-refractivity contribution in [1.82, 2.24) is 0 Å². The van der Waals surface area contributed by atoms with Gasteiger partial charge in [-0.1, -0.05) is 11.6 Å². The Bertz CT molecular complexity index is 341. The third-order valence-corrected chi connectivity index (χ3v) is 2.66. The van der Waals surface area contributed by atoms with Gasteiger partial charge in [0.05, 0.1) is 12.0 Å². The Balaban J connectivity index is 2.56. The summed E-state index contributed by atoms with van der Waals surface area (Å²) < 4.78 is 18.4. The van der Waals surface area contributed by atoms with Crippen molar-refractivity contribution in [3.05, 3.63) is 28.5 Å². The Morgan fingerprint density at radius 1 is 1.46 bits per heavy atom. The standard InChI is InChI=1S/C9H7Cl2FO/c10-5-3-6-7(11)1-2-13-9(6)8(12)4-5/h3-4,7H,1-2H2. The average Bonchev–Trinajstić information content (AvgIpc) is 2.07. The molecule has 70 valence electrons. The van der Waals surface area contributed by atoms with Crippen LogP contribution in [0.25, 0.3) is 0 Å². The van der Waals surface area contributed by atoms with Crippen LogP contribution in [0.15, 0.2) is 12.1 Å². The Hall–Kier alpha value is -0.470. The van der Waals surface area contributed by atoms with Crippen LogP contribution >= 0.6 is 23.2 Å². The molecular weight excluding hydrogens is 214 g/mol.